The summed E-state index contributed by atoms with van der Waals surface area (Å²) in [6.07, 6.45) is 2.45. The maximum atomic E-state index is 13.6. The Morgan fingerprint density at radius 2 is 1.69 bits per heavy atom. The smallest absolute Gasteiger partial charge is 0.348 e. The molecule has 260 valence electrons. The molecule has 13 heteroatoms. The second kappa shape index (κ2) is 17.3. The first-order valence-corrected chi connectivity index (χ1v) is 17.4. The van der Waals surface area contributed by atoms with Crippen molar-refractivity contribution in [2.75, 3.05) is 54.6 Å². The van der Waals surface area contributed by atoms with Gasteiger partial charge in [-0.05, 0) is 55.1 Å². The zero-order valence-electron chi connectivity index (χ0n) is 27.9. The number of hydrogen-bond donors (Lipinski definition) is 1. The summed E-state index contributed by atoms with van der Waals surface area (Å²) in [4.78, 5) is 36.8. The van der Waals surface area contributed by atoms with Crippen LogP contribution in [0.3, 0.4) is 0 Å². The number of hydrogen-bond acceptors (Lipinski definition) is 11. The van der Waals surface area contributed by atoms with Crippen LogP contribution in [0.25, 0.3) is 0 Å². The predicted molar refractivity (Wildman–Crippen MR) is 191 cm³/mol. The number of ether oxygens (including phenoxy) is 4. The Hall–Kier alpha value is -3.71. The van der Waals surface area contributed by atoms with Gasteiger partial charge in [-0.25, -0.2) is 9.59 Å². The van der Waals surface area contributed by atoms with Gasteiger partial charge in [0.25, 0.3) is 0 Å². The lowest BCUT2D eigenvalue weighted by atomic mass is 10.0. The molecule has 10 nitrogen and oxygen atoms in total. The summed E-state index contributed by atoms with van der Waals surface area (Å²) < 4.78 is 22.8. The fourth-order valence-electron chi connectivity index (χ4n) is 5.60. The van der Waals surface area contributed by atoms with Gasteiger partial charge in [0.2, 0.25) is 0 Å². The van der Waals surface area contributed by atoms with Crippen LogP contribution in [0.5, 0.6) is 11.5 Å². The fraction of sp³-hybridized carbons (Fsp3) is 0.361. The standard InChI is InChI=1S/C36H40Cl2N4O6S/c1-41-14-15-42(2)25(21-41)22-47-36(44)34(23-8-6-5-7-9-23)40-18-26-11-13-33(49-26)35(43)48-31(17-27-28(37)19-39-20-29(27)38)24-10-12-30(45-3)32(16-24)46-4/h5-13,16,19-20,25,31,34,40H,14-15,17-18,21-22H2,1-4H3/t25-,31+,34?/m1/s1. The molecule has 2 aromatic heterocycles. The number of piperazine rings is 1. The Kier molecular flexibility index (Phi) is 12.9. The highest BCUT2D eigenvalue weighted by Gasteiger charge is 2.28. The second-order valence-corrected chi connectivity index (χ2v) is 13.8. The molecule has 1 unspecified atom stereocenters. The number of nitrogens with zero attached hydrogens (tertiary/aromatic N) is 3. The van der Waals surface area contributed by atoms with E-state index in [1.165, 1.54) is 30.8 Å². The molecule has 3 atom stereocenters. The van der Waals surface area contributed by atoms with Gasteiger partial charge >= 0.3 is 11.9 Å². The molecule has 1 fully saturated rings. The number of likely N-dealkylation sites (N-methyl/N-ethyl adjacent to an activating group) is 2. The van der Waals surface area contributed by atoms with E-state index in [0.29, 0.717) is 50.7 Å². The zero-order chi connectivity index (χ0) is 34.9. The minimum atomic E-state index is -0.756. The van der Waals surface area contributed by atoms with Crippen LogP contribution in [0.1, 0.15) is 43.4 Å². The topological polar surface area (TPSA) is 102 Å². The van der Waals surface area contributed by atoms with E-state index in [2.05, 4.69) is 34.2 Å². The van der Waals surface area contributed by atoms with Crippen molar-refractivity contribution >= 4 is 46.5 Å². The maximum absolute atomic E-state index is 13.6. The molecule has 1 saturated heterocycles. The predicted octanol–water partition coefficient (Wildman–Crippen LogP) is 6.23. The van der Waals surface area contributed by atoms with Crippen LogP contribution in [-0.2, 0) is 27.2 Å². The summed E-state index contributed by atoms with van der Waals surface area (Å²) in [5.41, 5.74) is 2.07. The number of methoxy groups -OCH3 is 2. The monoisotopic (exact) mass is 726 g/mol. The number of nitrogens with one attached hydrogen (secondary N) is 1. The molecule has 0 radical (unpaired) electrons. The molecular formula is C36H40Cl2N4O6S. The summed E-state index contributed by atoms with van der Waals surface area (Å²) in [5.74, 6) is 0.161. The van der Waals surface area contributed by atoms with Crippen LogP contribution in [-0.4, -0.2) is 87.3 Å². The summed E-state index contributed by atoms with van der Waals surface area (Å²) in [6.45, 7) is 3.37. The van der Waals surface area contributed by atoms with E-state index in [4.69, 9.17) is 42.1 Å². The lowest BCUT2D eigenvalue weighted by Gasteiger charge is -2.37. The number of esters is 2. The summed E-state index contributed by atoms with van der Waals surface area (Å²) in [5, 5.41) is 4.07. The molecule has 5 rings (SSSR count). The Labute approximate surface area is 300 Å². The minimum Gasteiger partial charge on any atom is -0.493 e. The quantitative estimate of drug-likeness (QED) is 0.151. The van der Waals surface area contributed by atoms with Crippen molar-refractivity contribution in [1.82, 2.24) is 20.1 Å². The summed E-state index contributed by atoms with van der Waals surface area (Å²) >= 11 is 14.2. The Balaban J connectivity index is 1.29. The third-order valence-corrected chi connectivity index (χ3v) is 10.2. The number of rotatable bonds is 14. The SMILES string of the molecule is COc1ccc([C@H](Cc2c(Cl)cncc2Cl)OC(=O)c2ccc(CNC(C(=O)OC[C@H]3CN(C)CCN3C)c3ccccc3)s2)cc1OC. The summed E-state index contributed by atoms with van der Waals surface area (Å²) in [6, 6.07) is 17.8. The highest BCUT2D eigenvalue weighted by molar-refractivity contribution is 7.13. The van der Waals surface area contributed by atoms with Gasteiger partial charge in [-0.2, -0.15) is 0 Å². The normalized spacial score (nSPS) is 16.5. The Bertz CT molecular complexity index is 1700. The van der Waals surface area contributed by atoms with Gasteiger partial charge in [-0.1, -0.05) is 59.6 Å². The Morgan fingerprint density at radius 3 is 2.41 bits per heavy atom. The van der Waals surface area contributed by atoms with Crippen molar-refractivity contribution in [3.05, 3.63) is 110 Å². The van der Waals surface area contributed by atoms with E-state index >= 15 is 0 Å². The van der Waals surface area contributed by atoms with Gasteiger partial charge in [0.15, 0.2) is 11.5 Å². The number of pyridine rings is 1. The van der Waals surface area contributed by atoms with Gasteiger partial charge in [-0.3, -0.25) is 15.2 Å². The van der Waals surface area contributed by atoms with Crippen molar-refractivity contribution in [1.29, 1.82) is 0 Å². The van der Waals surface area contributed by atoms with Crippen LogP contribution in [0.4, 0.5) is 0 Å². The average Bonchev–Trinajstić information content (AvgIpc) is 3.59. The molecule has 1 aliphatic heterocycles. The van der Waals surface area contributed by atoms with E-state index in [-0.39, 0.29) is 18.4 Å². The molecule has 4 aromatic rings. The molecule has 0 saturated carbocycles. The summed E-state index contributed by atoms with van der Waals surface area (Å²) in [7, 11) is 7.21. The van der Waals surface area contributed by atoms with Gasteiger partial charge in [0.1, 0.15) is 23.6 Å². The maximum Gasteiger partial charge on any atom is 0.348 e. The molecule has 0 amide bonds. The number of carbonyl (C=O) groups excluding carboxylic acids is 2. The molecule has 0 bridgehead atoms. The molecule has 1 aliphatic rings. The molecule has 2 aromatic carbocycles. The second-order valence-electron chi connectivity index (χ2n) is 11.8. The van der Waals surface area contributed by atoms with Crippen LogP contribution in [0.15, 0.2) is 73.1 Å². The Morgan fingerprint density at radius 1 is 0.959 bits per heavy atom. The molecule has 1 N–H and O–H groups in total. The van der Waals surface area contributed by atoms with Crippen molar-refractivity contribution in [2.45, 2.75) is 31.2 Å². The van der Waals surface area contributed by atoms with Crippen molar-refractivity contribution in [3.63, 3.8) is 0 Å². The third-order valence-electron chi connectivity index (χ3n) is 8.48. The number of benzene rings is 2. The van der Waals surface area contributed by atoms with E-state index in [0.717, 1.165) is 30.1 Å². The largest absolute Gasteiger partial charge is 0.493 e. The lowest BCUT2D eigenvalue weighted by molar-refractivity contribution is -0.148. The number of aromatic nitrogens is 1. The van der Waals surface area contributed by atoms with Crippen molar-refractivity contribution < 1.29 is 28.5 Å². The molecule has 3 heterocycles. The van der Waals surface area contributed by atoms with Gasteiger partial charge in [0, 0.05) is 49.9 Å². The van der Waals surface area contributed by atoms with Crippen molar-refractivity contribution in [2.24, 2.45) is 0 Å². The van der Waals surface area contributed by atoms with Crippen LogP contribution in [0, 0.1) is 0 Å². The first-order chi connectivity index (χ1) is 23.7. The molecule has 0 aliphatic carbocycles. The van der Waals surface area contributed by atoms with Gasteiger partial charge < -0.3 is 23.8 Å². The lowest BCUT2D eigenvalue weighted by Crippen LogP contribution is -2.52. The zero-order valence-corrected chi connectivity index (χ0v) is 30.2. The highest BCUT2D eigenvalue weighted by Crippen LogP contribution is 2.36. The van der Waals surface area contributed by atoms with Crippen LogP contribution >= 0.6 is 34.5 Å². The van der Waals surface area contributed by atoms with E-state index < -0.39 is 18.1 Å². The van der Waals surface area contributed by atoms with Gasteiger partial charge in [0.05, 0.1) is 30.3 Å². The highest BCUT2D eigenvalue weighted by atomic mass is 35.5. The fourth-order valence-corrected chi connectivity index (χ4v) is 6.96. The van der Waals surface area contributed by atoms with E-state index in [9.17, 15) is 9.59 Å². The number of thiophene rings is 1. The number of halogens is 2. The van der Waals surface area contributed by atoms with E-state index in [1.807, 2.05) is 36.4 Å². The molecular weight excluding hydrogens is 687 g/mol. The number of carbonyl (C=O) groups is 2. The first-order valence-electron chi connectivity index (χ1n) is 15.8. The van der Waals surface area contributed by atoms with Crippen LogP contribution in [0.2, 0.25) is 10.0 Å². The third kappa shape index (κ3) is 9.50. The molecule has 49 heavy (non-hydrogen) atoms. The first kappa shape index (κ1) is 36.6. The van der Waals surface area contributed by atoms with E-state index in [1.54, 1.807) is 31.4 Å². The van der Waals surface area contributed by atoms with Crippen LogP contribution < -0.4 is 14.8 Å². The minimum absolute atomic E-state index is 0.124. The van der Waals surface area contributed by atoms with Crippen molar-refractivity contribution in [3.8, 4) is 11.5 Å². The molecule has 0 spiro atoms. The van der Waals surface area contributed by atoms with Gasteiger partial charge in [-0.15, -0.1) is 11.3 Å². The average molecular weight is 728 g/mol.